The second kappa shape index (κ2) is 15.2. The molecule has 0 aliphatic heterocycles. The molecule has 0 amide bonds. The third-order valence-corrected chi connectivity index (χ3v) is 4.52. The van der Waals surface area contributed by atoms with E-state index in [0.29, 0.717) is 18.8 Å². The minimum Gasteiger partial charge on any atom is -0.504 e. The Kier molecular flexibility index (Phi) is 13.1. The summed E-state index contributed by atoms with van der Waals surface area (Å²) in [6.07, 6.45) is 8.96. The van der Waals surface area contributed by atoms with Gasteiger partial charge in [0.15, 0.2) is 17.8 Å². The van der Waals surface area contributed by atoms with E-state index in [1.54, 1.807) is 12.1 Å². The normalized spacial score (nSPS) is 11.1. The standard InChI is InChI=1S/C22H36O6/c1-3-5-7-9-11-16-26-21(27-17-12-10-8-6-4-2)18-14-13-15-19(20(18)23)28-22(24)25/h13-15,21,23H,3-12,16-17H2,1-2H3,(H,24,25). The predicted octanol–water partition coefficient (Wildman–Crippen LogP) is 6.42. The number of benzene rings is 1. The van der Waals surface area contributed by atoms with Crippen LogP contribution in [-0.4, -0.2) is 29.6 Å². The number of phenolic OH excluding ortho intramolecular Hbond substituents is 1. The first-order chi connectivity index (χ1) is 13.6. The number of hydrogen-bond donors (Lipinski definition) is 2. The van der Waals surface area contributed by atoms with Gasteiger partial charge in [-0.1, -0.05) is 71.3 Å². The van der Waals surface area contributed by atoms with Crippen LogP contribution in [0.5, 0.6) is 11.5 Å². The van der Waals surface area contributed by atoms with Crippen LogP contribution in [0.3, 0.4) is 0 Å². The van der Waals surface area contributed by atoms with E-state index in [0.717, 1.165) is 25.7 Å². The molecule has 6 nitrogen and oxygen atoms in total. The molecule has 0 aromatic heterocycles. The molecule has 0 unspecified atom stereocenters. The number of hydrogen-bond acceptors (Lipinski definition) is 5. The topological polar surface area (TPSA) is 85.2 Å². The van der Waals surface area contributed by atoms with Crippen LogP contribution in [0.4, 0.5) is 4.79 Å². The van der Waals surface area contributed by atoms with Gasteiger partial charge in [-0.05, 0) is 25.0 Å². The Morgan fingerprint density at radius 1 is 0.893 bits per heavy atom. The Bertz CT molecular complexity index is 530. The molecule has 6 heteroatoms. The summed E-state index contributed by atoms with van der Waals surface area (Å²) in [6.45, 7) is 5.40. The lowest BCUT2D eigenvalue weighted by atomic mass is 10.1. The minimum atomic E-state index is -1.47. The molecule has 0 atom stereocenters. The van der Waals surface area contributed by atoms with Gasteiger partial charge in [-0.15, -0.1) is 0 Å². The van der Waals surface area contributed by atoms with Gasteiger partial charge < -0.3 is 24.4 Å². The van der Waals surface area contributed by atoms with Gasteiger partial charge in [0.25, 0.3) is 0 Å². The fourth-order valence-electron chi connectivity index (χ4n) is 2.93. The lowest BCUT2D eigenvalue weighted by Gasteiger charge is -2.21. The second-order valence-electron chi connectivity index (χ2n) is 6.96. The van der Waals surface area contributed by atoms with Crippen molar-refractivity contribution in [2.45, 2.75) is 84.3 Å². The van der Waals surface area contributed by atoms with E-state index < -0.39 is 12.4 Å². The highest BCUT2D eigenvalue weighted by Crippen LogP contribution is 2.36. The van der Waals surface area contributed by atoms with Crippen LogP contribution < -0.4 is 4.74 Å². The first-order valence-electron chi connectivity index (χ1n) is 10.6. The predicted molar refractivity (Wildman–Crippen MR) is 109 cm³/mol. The molecule has 0 saturated carbocycles. The quantitative estimate of drug-likeness (QED) is 0.145. The van der Waals surface area contributed by atoms with Crippen LogP contribution in [0.2, 0.25) is 0 Å². The fraction of sp³-hybridized carbons (Fsp3) is 0.682. The average Bonchev–Trinajstić information content (AvgIpc) is 2.67. The number of carbonyl (C=O) groups is 1. The Labute approximate surface area is 168 Å². The Morgan fingerprint density at radius 3 is 1.93 bits per heavy atom. The molecule has 2 N–H and O–H groups in total. The van der Waals surface area contributed by atoms with Gasteiger partial charge in [-0.25, -0.2) is 4.79 Å². The van der Waals surface area contributed by atoms with E-state index in [1.807, 2.05) is 0 Å². The summed E-state index contributed by atoms with van der Waals surface area (Å²) < 4.78 is 16.4. The van der Waals surface area contributed by atoms with Crippen LogP contribution in [0.1, 0.15) is 89.9 Å². The van der Waals surface area contributed by atoms with E-state index in [9.17, 15) is 9.90 Å². The van der Waals surface area contributed by atoms with Crippen molar-refractivity contribution in [2.24, 2.45) is 0 Å². The van der Waals surface area contributed by atoms with Gasteiger partial charge in [-0.3, -0.25) is 0 Å². The number of phenols is 1. The van der Waals surface area contributed by atoms with Crippen LogP contribution in [0, 0.1) is 0 Å². The van der Waals surface area contributed by atoms with Crippen molar-refractivity contribution in [3.05, 3.63) is 23.8 Å². The Hall–Kier alpha value is -1.79. The third kappa shape index (κ3) is 9.95. The largest absolute Gasteiger partial charge is 0.511 e. The van der Waals surface area contributed by atoms with Crippen molar-refractivity contribution >= 4 is 6.16 Å². The van der Waals surface area contributed by atoms with Crippen molar-refractivity contribution < 1.29 is 29.2 Å². The molecule has 0 saturated heterocycles. The number of carboxylic acid groups (broad SMARTS) is 1. The molecule has 0 radical (unpaired) electrons. The van der Waals surface area contributed by atoms with Gasteiger partial charge in [0.2, 0.25) is 0 Å². The van der Waals surface area contributed by atoms with Gasteiger partial charge in [0, 0.05) is 0 Å². The van der Waals surface area contributed by atoms with E-state index in [2.05, 4.69) is 18.6 Å². The highest BCUT2D eigenvalue weighted by Gasteiger charge is 2.20. The molecular weight excluding hydrogens is 360 g/mol. The van der Waals surface area contributed by atoms with Crippen molar-refractivity contribution in [3.63, 3.8) is 0 Å². The smallest absolute Gasteiger partial charge is 0.504 e. The first kappa shape index (κ1) is 24.2. The van der Waals surface area contributed by atoms with Crippen molar-refractivity contribution in [2.75, 3.05) is 13.2 Å². The molecule has 0 aliphatic rings. The summed E-state index contributed by atoms with van der Waals surface area (Å²) in [4.78, 5) is 10.8. The molecule has 0 aliphatic carbocycles. The molecule has 28 heavy (non-hydrogen) atoms. The maximum Gasteiger partial charge on any atom is 0.511 e. The van der Waals surface area contributed by atoms with Crippen LogP contribution in [0.25, 0.3) is 0 Å². The monoisotopic (exact) mass is 396 g/mol. The zero-order valence-electron chi connectivity index (χ0n) is 17.3. The number of ether oxygens (including phenoxy) is 3. The Morgan fingerprint density at radius 2 is 1.43 bits per heavy atom. The molecule has 0 heterocycles. The summed E-state index contributed by atoms with van der Waals surface area (Å²) in [6, 6.07) is 4.69. The molecule has 0 spiro atoms. The van der Waals surface area contributed by atoms with Crippen molar-refractivity contribution in [1.82, 2.24) is 0 Å². The van der Waals surface area contributed by atoms with Crippen molar-refractivity contribution in [3.8, 4) is 11.5 Å². The second-order valence-corrected chi connectivity index (χ2v) is 6.96. The average molecular weight is 397 g/mol. The molecule has 0 fully saturated rings. The van der Waals surface area contributed by atoms with Crippen LogP contribution in [-0.2, 0) is 9.47 Å². The van der Waals surface area contributed by atoms with Crippen molar-refractivity contribution in [1.29, 1.82) is 0 Å². The summed E-state index contributed by atoms with van der Waals surface area (Å²) in [5.41, 5.74) is 0.390. The fourth-order valence-corrected chi connectivity index (χ4v) is 2.93. The Balaban J connectivity index is 2.66. The number of para-hydroxylation sites is 1. The minimum absolute atomic E-state index is 0.118. The molecular formula is C22H36O6. The highest BCUT2D eigenvalue weighted by molar-refractivity contribution is 5.63. The summed E-state index contributed by atoms with van der Waals surface area (Å²) >= 11 is 0. The zero-order valence-corrected chi connectivity index (χ0v) is 17.3. The summed E-state index contributed by atoms with van der Waals surface area (Å²) in [5, 5.41) is 19.2. The molecule has 1 aromatic rings. The summed E-state index contributed by atoms with van der Waals surface area (Å²) in [7, 11) is 0. The molecule has 0 bridgehead atoms. The highest BCUT2D eigenvalue weighted by atomic mass is 16.7. The molecule has 1 aromatic carbocycles. The third-order valence-electron chi connectivity index (χ3n) is 4.52. The van der Waals surface area contributed by atoms with Crippen LogP contribution >= 0.6 is 0 Å². The maximum atomic E-state index is 10.8. The zero-order chi connectivity index (χ0) is 20.6. The van der Waals surface area contributed by atoms with E-state index in [-0.39, 0.29) is 11.5 Å². The molecule has 1 rings (SSSR count). The maximum absolute atomic E-state index is 10.8. The SMILES string of the molecule is CCCCCCCOC(OCCCCCCC)c1cccc(OC(=O)O)c1O. The van der Waals surface area contributed by atoms with Gasteiger partial charge in [0.1, 0.15) is 0 Å². The van der Waals surface area contributed by atoms with E-state index >= 15 is 0 Å². The number of aromatic hydroxyl groups is 1. The van der Waals surface area contributed by atoms with Crippen LogP contribution in [0.15, 0.2) is 18.2 Å². The summed E-state index contributed by atoms with van der Waals surface area (Å²) in [5.74, 6) is -0.375. The van der Waals surface area contributed by atoms with Gasteiger partial charge in [-0.2, -0.15) is 0 Å². The van der Waals surface area contributed by atoms with Gasteiger partial charge in [0.05, 0.1) is 18.8 Å². The lowest BCUT2D eigenvalue weighted by Crippen LogP contribution is -2.12. The number of unbranched alkanes of at least 4 members (excludes halogenated alkanes) is 8. The first-order valence-corrected chi connectivity index (χ1v) is 10.6. The lowest BCUT2D eigenvalue weighted by molar-refractivity contribution is -0.149. The molecule has 160 valence electrons. The number of rotatable bonds is 16. The van der Waals surface area contributed by atoms with E-state index in [1.165, 1.54) is 44.6 Å². The van der Waals surface area contributed by atoms with E-state index in [4.69, 9.17) is 14.6 Å². The van der Waals surface area contributed by atoms with Gasteiger partial charge >= 0.3 is 6.16 Å².